The average Bonchev–Trinajstić information content (AvgIpc) is 2.68. The Morgan fingerprint density at radius 3 is 2.76 bits per heavy atom. The number of carbonyl (C=O) groups is 2. The monoisotopic (exact) mass is 411 g/mol. The zero-order valence-electron chi connectivity index (χ0n) is 16.6. The number of ether oxygens (including phenoxy) is 1. The maximum absolute atomic E-state index is 12.9. The number of thioether (sulfide) groups is 1. The maximum atomic E-state index is 12.9. The molecule has 29 heavy (non-hydrogen) atoms. The number of rotatable bonds is 4. The first-order valence-corrected chi connectivity index (χ1v) is 10.8. The SMILES string of the molecule is CC1CN(Cc2ccccc2NC(=O)c2ccc3c(c2)NC(=O)CS3)CC(C)O1. The number of para-hydroxylation sites is 1. The number of fused-ring (bicyclic) bond motifs is 1. The predicted molar refractivity (Wildman–Crippen MR) is 115 cm³/mol. The lowest BCUT2D eigenvalue weighted by Crippen LogP contribution is -2.44. The van der Waals surface area contributed by atoms with Gasteiger partial charge in [0.15, 0.2) is 0 Å². The van der Waals surface area contributed by atoms with Crippen LogP contribution in [0.25, 0.3) is 0 Å². The zero-order chi connectivity index (χ0) is 20.4. The lowest BCUT2D eigenvalue weighted by atomic mass is 10.1. The fourth-order valence-corrected chi connectivity index (χ4v) is 4.64. The molecule has 2 N–H and O–H groups in total. The van der Waals surface area contributed by atoms with E-state index in [2.05, 4.69) is 29.4 Å². The molecule has 2 aliphatic rings. The number of benzene rings is 2. The molecule has 0 radical (unpaired) electrons. The molecule has 0 bridgehead atoms. The Hall–Kier alpha value is -2.35. The summed E-state index contributed by atoms with van der Waals surface area (Å²) in [6.07, 6.45) is 0.396. The molecule has 0 saturated carbocycles. The largest absolute Gasteiger partial charge is 0.373 e. The third-order valence-electron chi connectivity index (χ3n) is 5.03. The van der Waals surface area contributed by atoms with E-state index in [1.54, 1.807) is 12.1 Å². The molecular formula is C22H25N3O3S. The van der Waals surface area contributed by atoms with Crippen LogP contribution in [0.5, 0.6) is 0 Å². The molecule has 152 valence electrons. The number of carbonyl (C=O) groups excluding carboxylic acids is 2. The van der Waals surface area contributed by atoms with Crippen molar-refractivity contribution in [3.63, 3.8) is 0 Å². The second-order valence-electron chi connectivity index (χ2n) is 7.61. The van der Waals surface area contributed by atoms with Gasteiger partial charge in [0.25, 0.3) is 5.91 Å². The van der Waals surface area contributed by atoms with Crippen molar-refractivity contribution in [1.29, 1.82) is 0 Å². The minimum absolute atomic E-state index is 0.0422. The van der Waals surface area contributed by atoms with Crippen LogP contribution in [0.4, 0.5) is 11.4 Å². The van der Waals surface area contributed by atoms with Crippen LogP contribution in [0.15, 0.2) is 47.4 Å². The van der Waals surface area contributed by atoms with E-state index in [1.807, 2.05) is 30.3 Å². The van der Waals surface area contributed by atoms with Crippen LogP contribution in [-0.4, -0.2) is 47.8 Å². The summed E-state index contributed by atoms with van der Waals surface area (Å²) in [5.74, 6) is 0.179. The first kappa shape index (κ1) is 19.9. The van der Waals surface area contributed by atoms with Gasteiger partial charge in [-0.25, -0.2) is 0 Å². The van der Waals surface area contributed by atoms with Crippen LogP contribution in [0.1, 0.15) is 29.8 Å². The maximum Gasteiger partial charge on any atom is 0.255 e. The zero-order valence-corrected chi connectivity index (χ0v) is 17.4. The summed E-state index contributed by atoms with van der Waals surface area (Å²) < 4.78 is 5.82. The molecule has 2 aliphatic heterocycles. The molecule has 0 spiro atoms. The third-order valence-corrected chi connectivity index (χ3v) is 6.10. The van der Waals surface area contributed by atoms with E-state index in [0.29, 0.717) is 17.0 Å². The molecule has 4 rings (SSSR count). The lowest BCUT2D eigenvalue weighted by Gasteiger charge is -2.35. The average molecular weight is 412 g/mol. The molecule has 2 amide bonds. The predicted octanol–water partition coefficient (Wildman–Crippen LogP) is 3.59. The number of hydrogen-bond donors (Lipinski definition) is 2. The summed E-state index contributed by atoms with van der Waals surface area (Å²) in [4.78, 5) is 27.8. The standard InChI is InChI=1S/C22H25N3O3S/c1-14-10-25(11-15(2)28-14)12-17-5-3-4-6-18(17)24-22(27)16-7-8-20-19(9-16)23-21(26)13-29-20/h3-9,14-15H,10-13H2,1-2H3,(H,23,26)(H,24,27). The minimum atomic E-state index is -0.186. The van der Waals surface area contributed by atoms with Gasteiger partial charge in [0.1, 0.15) is 0 Å². The van der Waals surface area contributed by atoms with Gasteiger partial charge >= 0.3 is 0 Å². The van der Waals surface area contributed by atoms with Gasteiger partial charge < -0.3 is 15.4 Å². The number of amides is 2. The smallest absolute Gasteiger partial charge is 0.255 e. The van der Waals surface area contributed by atoms with Crippen molar-refractivity contribution < 1.29 is 14.3 Å². The molecule has 7 heteroatoms. The van der Waals surface area contributed by atoms with E-state index >= 15 is 0 Å². The molecule has 1 saturated heterocycles. The molecule has 6 nitrogen and oxygen atoms in total. The number of nitrogens with zero attached hydrogens (tertiary/aromatic N) is 1. The molecule has 0 aromatic heterocycles. The van der Waals surface area contributed by atoms with Crippen LogP contribution < -0.4 is 10.6 Å². The van der Waals surface area contributed by atoms with Gasteiger partial charge in [0, 0.05) is 35.8 Å². The van der Waals surface area contributed by atoms with E-state index in [1.165, 1.54) is 11.8 Å². The first-order chi connectivity index (χ1) is 14.0. The summed E-state index contributed by atoms with van der Waals surface area (Å²) >= 11 is 1.48. The highest BCUT2D eigenvalue weighted by atomic mass is 32.2. The van der Waals surface area contributed by atoms with Gasteiger partial charge in [0.05, 0.1) is 23.6 Å². The molecule has 1 fully saturated rings. The molecule has 2 atom stereocenters. The Kier molecular flexibility index (Phi) is 5.89. The molecule has 2 heterocycles. The van der Waals surface area contributed by atoms with Crippen molar-refractivity contribution in [2.75, 3.05) is 29.5 Å². The van der Waals surface area contributed by atoms with E-state index in [4.69, 9.17) is 4.74 Å². The summed E-state index contributed by atoms with van der Waals surface area (Å²) in [6, 6.07) is 13.3. The van der Waals surface area contributed by atoms with Gasteiger partial charge in [-0.15, -0.1) is 11.8 Å². The normalized spacial score (nSPS) is 21.9. The summed E-state index contributed by atoms with van der Waals surface area (Å²) in [5, 5.41) is 5.88. The molecule has 2 aromatic rings. The van der Waals surface area contributed by atoms with Crippen LogP contribution in [0.2, 0.25) is 0 Å². The van der Waals surface area contributed by atoms with Crippen LogP contribution in [-0.2, 0) is 16.1 Å². The lowest BCUT2D eigenvalue weighted by molar-refractivity contribution is -0.113. The van der Waals surface area contributed by atoms with Gasteiger partial charge in [-0.3, -0.25) is 14.5 Å². The van der Waals surface area contributed by atoms with Crippen LogP contribution in [0, 0.1) is 0 Å². The number of hydrogen-bond acceptors (Lipinski definition) is 5. The Balaban J connectivity index is 1.49. The van der Waals surface area contributed by atoms with Crippen LogP contribution >= 0.6 is 11.8 Å². The Labute approximate surface area is 175 Å². The summed E-state index contributed by atoms with van der Waals surface area (Å²) in [5.41, 5.74) is 3.10. The minimum Gasteiger partial charge on any atom is -0.373 e. The highest BCUT2D eigenvalue weighted by molar-refractivity contribution is 8.00. The van der Waals surface area contributed by atoms with E-state index in [-0.39, 0.29) is 24.0 Å². The van der Waals surface area contributed by atoms with Crippen molar-refractivity contribution in [3.8, 4) is 0 Å². The van der Waals surface area contributed by atoms with Crippen molar-refractivity contribution in [2.24, 2.45) is 0 Å². The van der Waals surface area contributed by atoms with Crippen molar-refractivity contribution >= 4 is 35.0 Å². The van der Waals surface area contributed by atoms with Gasteiger partial charge in [-0.05, 0) is 43.7 Å². The van der Waals surface area contributed by atoms with E-state index in [9.17, 15) is 9.59 Å². The van der Waals surface area contributed by atoms with E-state index < -0.39 is 0 Å². The second-order valence-corrected chi connectivity index (χ2v) is 8.63. The molecule has 2 aromatic carbocycles. The second kappa shape index (κ2) is 8.57. The quantitative estimate of drug-likeness (QED) is 0.805. The topological polar surface area (TPSA) is 70.7 Å². The Morgan fingerprint density at radius 2 is 1.97 bits per heavy atom. The van der Waals surface area contributed by atoms with Gasteiger partial charge in [-0.1, -0.05) is 18.2 Å². The van der Waals surface area contributed by atoms with Crippen molar-refractivity contribution in [2.45, 2.75) is 37.5 Å². The first-order valence-electron chi connectivity index (χ1n) is 9.81. The fraction of sp³-hybridized carbons (Fsp3) is 0.364. The number of morpholine rings is 1. The van der Waals surface area contributed by atoms with Gasteiger partial charge in [-0.2, -0.15) is 0 Å². The Morgan fingerprint density at radius 1 is 1.21 bits per heavy atom. The molecule has 0 aliphatic carbocycles. The van der Waals surface area contributed by atoms with Gasteiger partial charge in [0.2, 0.25) is 5.91 Å². The molecule has 2 unspecified atom stereocenters. The van der Waals surface area contributed by atoms with Crippen LogP contribution in [0.3, 0.4) is 0 Å². The highest BCUT2D eigenvalue weighted by Crippen LogP contribution is 2.32. The van der Waals surface area contributed by atoms with Crippen molar-refractivity contribution in [1.82, 2.24) is 4.90 Å². The number of anilines is 2. The van der Waals surface area contributed by atoms with Crippen molar-refractivity contribution in [3.05, 3.63) is 53.6 Å². The fourth-order valence-electron chi connectivity index (χ4n) is 3.85. The van der Waals surface area contributed by atoms with E-state index in [0.717, 1.165) is 35.8 Å². The summed E-state index contributed by atoms with van der Waals surface area (Å²) in [7, 11) is 0. The highest BCUT2D eigenvalue weighted by Gasteiger charge is 2.23. The Bertz CT molecular complexity index is 923. The number of nitrogens with one attached hydrogen (secondary N) is 2. The third kappa shape index (κ3) is 4.80. The molecular weight excluding hydrogens is 386 g/mol. The summed E-state index contributed by atoms with van der Waals surface area (Å²) in [6.45, 7) is 6.67.